The van der Waals surface area contributed by atoms with Crippen molar-refractivity contribution in [2.75, 3.05) is 13.2 Å². The molecule has 174 valence electrons. The molecule has 4 heterocycles. The number of ether oxygens (including phenoxy) is 1. The molecule has 1 aliphatic heterocycles. The number of imidazole rings is 2. The molecule has 0 radical (unpaired) electrons. The van der Waals surface area contributed by atoms with E-state index in [1.807, 2.05) is 18.2 Å². The number of hydrogen-bond donors (Lipinski definition) is 1. The Labute approximate surface area is 186 Å². The number of aromatic nitrogens is 5. The lowest BCUT2D eigenvalue weighted by Gasteiger charge is -2.26. The molecule has 1 saturated heterocycles. The summed E-state index contributed by atoms with van der Waals surface area (Å²) in [6, 6.07) is 7.22. The van der Waals surface area contributed by atoms with E-state index in [0.717, 1.165) is 11.1 Å². The van der Waals surface area contributed by atoms with Crippen molar-refractivity contribution in [2.24, 2.45) is 5.73 Å². The van der Waals surface area contributed by atoms with Gasteiger partial charge in [0.15, 0.2) is 0 Å². The third-order valence-electron chi connectivity index (χ3n) is 6.02. The summed E-state index contributed by atoms with van der Waals surface area (Å²) < 4.78 is 48.7. The van der Waals surface area contributed by atoms with E-state index in [2.05, 4.69) is 9.97 Å². The highest BCUT2D eigenvalue weighted by Gasteiger charge is 2.28. The van der Waals surface area contributed by atoms with E-state index < -0.39 is 12.6 Å². The molecule has 33 heavy (non-hydrogen) atoms. The first kappa shape index (κ1) is 21.7. The molecule has 0 unspecified atom stereocenters. The highest BCUT2D eigenvalue weighted by molar-refractivity contribution is 5.77. The summed E-state index contributed by atoms with van der Waals surface area (Å²) >= 11 is 0. The molecule has 0 saturated carbocycles. The van der Waals surface area contributed by atoms with Gasteiger partial charge in [0, 0.05) is 25.7 Å². The third-order valence-corrected chi connectivity index (χ3v) is 6.02. The number of rotatable bonds is 7. The van der Waals surface area contributed by atoms with Gasteiger partial charge in [0.25, 0.3) is 0 Å². The maximum atomic E-state index is 13.3. The van der Waals surface area contributed by atoms with Gasteiger partial charge in [0.2, 0.25) is 0 Å². The lowest BCUT2D eigenvalue weighted by molar-refractivity contribution is -0.135. The van der Waals surface area contributed by atoms with Crippen LogP contribution in [0.1, 0.15) is 30.3 Å². The van der Waals surface area contributed by atoms with Gasteiger partial charge in [-0.2, -0.15) is 13.2 Å². The molecular formula is C22H23F3N6O2. The van der Waals surface area contributed by atoms with Crippen LogP contribution in [-0.2, 0) is 24.4 Å². The highest BCUT2D eigenvalue weighted by atomic mass is 19.4. The minimum Gasteiger partial charge on any atom is -0.377 e. The van der Waals surface area contributed by atoms with Crippen LogP contribution in [-0.4, -0.2) is 43.1 Å². The molecule has 1 fully saturated rings. The molecular weight excluding hydrogens is 437 g/mol. The van der Waals surface area contributed by atoms with Crippen molar-refractivity contribution in [2.45, 2.75) is 44.7 Å². The molecule has 0 atom stereocenters. The monoisotopic (exact) mass is 460 g/mol. The van der Waals surface area contributed by atoms with Crippen LogP contribution in [0.5, 0.6) is 0 Å². The number of pyridine rings is 1. The highest BCUT2D eigenvalue weighted by Crippen LogP contribution is 2.26. The lowest BCUT2D eigenvalue weighted by Crippen LogP contribution is -2.38. The largest absolute Gasteiger partial charge is 0.389 e. The molecule has 2 N–H and O–H groups in total. The van der Waals surface area contributed by atoms with Crippen molar-refractivity contribution < 1.29 is 17.9 Å². The fourth-order valence-corrected chi connectivity index (χ4v) is 4.31. The van der Waals surface area contributed by atoms with E-state index in [1.54, 1.807) is 32.2 Å². The Morgan fingerprint density at radius 1 is 1.12 bits per heavy atom. The molecule has 5 rings (SSSR count). The second-order valence-corrected chi connectivity index (χ2v) is 8.22. The van der Waals surface area contributed by atoms with Gasteiger partial charge < -0.3 is 15.0 Å². The molecule has 1 aliphatic rings. The Morgan fingerprint density at radius 3 is 2.64 bits per heavy atom. The van der Waals surface area contributed by atoms with E-state index in [9.17, 15) is 18.0 Å². The predicted molar refractivity (Wildman–Crippen MR) is 116 cm³/mol. The zero-order valence-electron chi connectivity index (χ0n) is 17.8. The minimum atomic E-state index is -4.23. The van der Waals surface area contributed by atoms with Gasteiger partial charge in [-0.15, -0.1) is 0 Å². The summed E-state index contributed by atoms with van der Waals surface area (Å²) in [4.78, 5) is 22.2. The van der Waals surface area contributed by atoms with E-state index >= 15 is 0 Å². The SMILES string of the molecule is NCc1ccc2c(c1)nc(Cn1c(=O)n(C3COC3)c3ccncc31)n2CCCC(F)(F)F. The first-order valence-corrected chi connectivity index (χ1v) is 10.7. The molecule has 0 aliphatic carbocycles. The normalized spacial score (nSPS) is 14.9. The van der Waals surface area contributed by atoms with Gasteiger partial charge in [-0.3, -0.25) is 14.1 Å². The number of aryl methyl sites for hydroxylation is 1. The predicted octanol–water partition coefficient (Wildman–Crippen LogP) is 2.97. The quantitative estimate of drug-likeness (QED) is 0.458. The Bertz CT molecular complexity index is 1370. The lowest BCUT2D eigenvalue weighted by atomic mass is 10.2. The Balaban J connectivity index is 1.58. The molecule has 4 aromatic rings. The Kier molecular flexibility index (Phi) is 5.45. The van der Waals surface area contributed by atoms with Crippen LogP contribution in [0.2, 0.25) is 0 Å². The average Bonchev–Trinajstić information content (AvgIpc) is 3.22. The van der Waals surface area contributed by atoms with Gasteiger partial charge in [0.05, 0.1) is 54.1 Å². The van der Waals surface area contributed by atoms with Crippen molar-refractivity contribution in [3.63, 3.8) is 0 Å². The zero-order chi connectivity index (χ0) is 23.2. The topological polar surface area (TPSA) is 92.9 Å². The third kappa shape index (κ3) is 4.02. The van der Waals surface area contributed by atoms with Crippen molar-refractivity contribution in [1.29, 1.82) is 0 Å². The second-order valence-electron chi connectivity index (χ2n) is 8.22. The van der Waals surface area contributed by atoms with Crippen LogP contribution in [0.4, 0.5) is 13.2 Å². The van der Waals surface area contributed by atoms with E-state index in [0.29, 0.717) is 42.1 Å². The van der Waals surface area contributed by atoms with Crippen LogP contribution < -0.4 is 11.4 Å². The second kappa shape index (κ2) is 8.31. The maximum absolute atomic E-state index is 13.3. The Morgan fingerprint density at radius 2 is 1.94 bits per heavy atom. The van der Waals surface area contributed by atoms with Crippen LogP contribution in [0.3, 0.4) is 0 Å². The number of halogens is 3. The maximum Gasteiger partial charge on any atom is 0.389 e. The van der Waals surface area contributed by atoms with E-state index in [-0.39, 0.29) is 31.2 Å². The fourth-order valence-electron chi connectivity index (χ4n) is 4.31. The molecule has 1 aromatic carbocycles. The molecule has 0 bridgehead atoms. The smallest absolute Gasteiger partial charge is 0.377 e. The van der Waals surface area contributed by atoms with Crippen molar-refractivity contribution in [3.8, 4) is 0 Å². The molecule has 11 heteroatoms. The minimum absolute atomic E-state index is 0.0543. The molecule has 8 nitrogen and oxygen atoms in total. The van der Waals surface area contributed by atoms with Gasteiger partial charge in [-0.25, -0.2) is 9.78 Å². The Hall–Kier alpha value is -3.18. The van der Waals surface area contributed by atoms with E-state index in [4.69, 9.17) is 10.5 Å². The average molecular weight is 460 g/mol. The number of fused-ring (bicyclic) bond motifs is 2. The van der Waals surface area contributed by atoms with Crippen LogP contribution in [0.25, 0.3) is 22.1 Å². The summed E-state index contributed by atoms with van der Waals surface area (Å²) in [5.41, 5.74) is 9.14. The summed E-state index contributed by atoms with van der Waals surface area (Å²) in [6.45, 7) is 1.49. The number of alkyl halides is 3. The van der Waals surface area contributed by atoms with Gasteiger partial charge >= 0.3 is 11.9 Å². The van der Waals surface area contributed by atoms with Crippen molar-refractivity contribution in [3.05, 3.63) is 58.5 Å². The first-order chi connectivity index (χ1) is 15.9. The number of benzene rings is 1. The van der Waals surface area contributed by atoms with Gasteiger partial charge in [0.1, 0.15) is 5.82 Å². The summed E-state index contributed by atoms with van der Waals surface area (Å²) in [5.74, 6) is 0.510. The molecule has 3 aromatic heterocycles. The first-order valence-electron chi connectivity index (χ1n) is 10.7. The summed E-state index contributed by atoms with van der Waals surface area (Å²) in [7, 11) is 0. The van der Waals surface area contributed by atoms with Crippen LogP contribution >= 0.6 is 0 Å². The zero-order valence-corrected chi connectivity index (χ0v) is 17.8. The number of nitrogens with zero attached hydrogens (tertiary/aromatic N) is 5. The summed E-state index contributed by atoms with van der Waals surface area (Å²) in [5, 5.41) is 0. The van der Waals surface area contributed by atoms with Gasteiger partial charge in [-0.05, 0) is 30.2 Å². The molecule has 0 spiro atoms. The van der Waals surface area contributed by atoms with Crippen molar-refractivity contribution in [1.82, 2.24) is 23.7 Å². The van der Waals surface area contributed by atoms with Crippen LogP contribution in [0, 0.1) is 0 Å². The standard InChI is InChI=1S/C22H23F3N6O2/c23-22(24,25)5-1-7-29-17-3-2-14(9-26)8-16(17)28-20(29)11-30-19-10-27-6-4-18(19)31(21(30)32)15-12-33-13-15/h2-4,6,8,10,15H,1,5,7,9,11-13,26H2. The van der Waals surface area contributed by atoms with E-state index in [1.165, 1.54) is 0 Å². The van der Waals surface area contributed by atoms with Crippen molar-refractivity contribution >= 4 is 22.1 Å². The summed E-state index contributed by atoms with van der Waals surface area (Å²) in [6.07, 6.45) is -1.96. The fraction of sp³-hybridized carbons (Fsp3) is 0.409. The number of nitrogens with two attached hydrogens (primary N) is 1. The number of hydrogen-bond acceptors (Lipinski definition) is 5. The van der Waals surface area contributed by atoms with Crippen LogP contribution in [0.15, 0.2) is 41.5 Å². The molecule has 0 amide bonds. The van der Waals surface area contributed by atoms with Gasteiger partial charge in [-0.1, -0.05) is 6.07 Å².